The number of halogens is 2. The summed E-state index contributed by atoms with van der Waals surface area (Å²) >= 11 is 9.64. The Bertz CT molecular complexity index is 971. The molecule has 0 aromatic heterocycles. The Hall–Kier alpha value is -2.62. The molecule has 10 heteroatoms. The zero-order valence-electron chi connectivity index (χ0n) is 16.7. The van der Waals surface area contributed by atoms with Gasteiger partial charge in [0.05, 0.1) is 11.6 Å². The summed E-state index contributed by atoms with van der Waals surface area (Å²) in [6.45, 7) is 5.33. The first-order chi connectivity index (χ1) is 13.9. The maximum absolute atomic E-state index is 13.9. The predicted molar refractivity (Wildman–Crippen MR) is 118 cm³/mol. The Morgan fingerprint density at radius 3 is 2.30 bits per heavy atom. The fraction of sp³-hybridized carbons (Fsp3) is 0.250. The fourth-order valence-electron chi connectivity index (χ4n) is 2.65. The fourth-order valence-corrected chi connectivity index (χ4v) is 3.07. The first-order valence-electron chi connectivity index (χ1n) is 8.72. The van der Waals surface area contributed by atoms with E-state index in [4.69, 9.17) is 34.2 Å². The quantitative estimate of drug-likeness (QED) is 0.272. The van der Waals surface area contributed by atoms with Crippen molar-refractivity contribution in [3.63, 3.8) is 0 Å². The summed E-state index contributed by atoms with van der Waals surface area (Å²) < 4.78 is 18.3. The molecule has 2 unspecified atom stereocenters. The van der Waals surface area contributed by atoms with Gasteiger partial charge in [0.2, 0.25) is 11.8 Å². The van der Waals surface area contributed by atoms with Crippen molar-refractivity contribution in [2.24, 2.45) is 17.2 Å². The zero-order chi connectivity index (χ0) is 23.2. The summed E-state index contributed by atoms with van der Waals surface area (Å²) in [6.07, 6.45) is -1.10. The maximum atomic E-state index is 13.9. The molecule has 2 rings (SSSR count). The molecule has 30 heavy (non-hydrogen) atoms. The number of rotatable bonds is 4. The highest BCUT2D eigenvalue weighted by atomic mass is 35.5. The number of hydrogen-bond donors (Lipinski definition) is 5. The normalized spacial score (nSPS) is 12.2. The minimum atomic E-state index is -1.10. The molecule has 0 saturated carbocycles. The van der Waals surface area contributed by atoms with Gasteiger partial charge in [-0.05, 0) is 54.8 Å². The minimum Gasteiger partial charge on any atom is -0.394 e. The molecule has 2 aromatic carbocycles. The second-order valence-corrected chi connectivity index (χ2v) is 7.45. The van der Waals surface area contributed by atoms with Gasteiger partial charge in [-0.25, -0.2) is 9.18 Å². The Labute approximate surface area is 184 Å². The average molecular weight is 455 g/mol. The SMILES string of the molecule is Cc1ccc(F)c(C(C)C(N)C(=N)OC(N)=O)c1C.NC(=O)c1cc(Cl)ccc1S. The molecule has 0 saturated heterocycles. The van der Waals surface area contributed by atoms with Gasteiger partial charge < -0.3 is 21.9 Å². The molecule has 0 bridgehead atoms. The van der Waals surface area contributed by atoms with Crippen molar-refractivity contribution in [2.75, 3.05) is 0 Å². The molecule has 0 aliphatic heterocycles. The van der Waals surface area contributed by atoms with E-state index in [2.05, 4.69) is 17.4 Å². The van der Waals surface area contributed by atoms with E-state index in [0.717, 1.165) is 11.1 Å². The Balaban J connectivity index is 0.000000346. The van der Waals surface area contributed by atoms with E-state index in [1.54, 1.807) is 32.0 Å². The third-order valence-corrected chi connectivity index (χ3v) is 5.09. The van der Waals surface area contributed by atoms with Crippen molar-refractivity contribution in [1.82, 2.24) is 0 Å². The molecule has 2 amide bonds. The predicted octanol–water partition coefficient (Wildman–Crippen LogP) is 3.67. The molecule has 0 spiro atoms. The number of nitrogens with two attached hydrogens (primary N) is 3. The highest BCUT2D eigenvalue weighted by Gasteiger charge is 2.26. The van der Waals surface area contributed by atoms with Crippen molar-refractivity contribution < 1.29 is 18.7 Å². The molecule has 0 aliphatic rings. The van der Waals surface area contributed by atoms with Gasteiger partial charge in [-0.1, -0.05) is 24.6 Å². The van der Waals surface area contributed by atoms with Gasteiger partial charge in [0.25, 0.3) is 0 Å². The molecule has 0 heterocycles. The van der Waals surface area contributed by atoms with Crippen LogP contribution in [0.1, 0.15) is 39.9 Å². The van der Waals surface area contributed by atoms with Gasteiger partial charge in [0, 0.05) is 15.8 Å². The lowest BCUT2D eigenvalue weighted by Gasteiger charge is -2.23. The number of amides is 2. The molecule has 7 nitrogen and oxygen atoms in total. The summed E-state index contributed by atoms with van der Waals surface area (Å²) in [5.74, 6) is -1.89. The standard InChI is InChI=1S/C13H18FN3O2.C7H6ClNOS/c1-6-4-5-9(14)10(7(6)2)8(3)11(15)12(16)19-13(17)18;8-4-1-2-6(11)5(3-4)7(9)10/h4-5,8,11,16H,15H2,1-3H3,(H2,17,18);1-3,11H,(H2,9,10). The van der Waals surface area contributed by atoms with Crippen LogP contribution in [0.15, 0.2) is 35.2 Å². The molecule has 2 atom stereocenters. The Morgan fingerprint density at radius 2 is 1.80 bits per heavy atom. The topological polar surface area (TPSA) is 145 Å². The number of primary amides is 2. The lowest BCUT2D eigenvalue weighted by atomic mass is 9.88. The summed E-state index contributed by atoms with van der Waals surface area (Å²) in [5.41, 5.74) is 18.1. The average Bonchev–Trinajstić information content (AvgIpc) is 2.66. The Kier molecular flexibility index (Phi) is 9.28. The number of ether oxygens (including phenoxy) is 1. The summed E-state index contributed by atoms with van der Waals surface area (Å²) in [5, 5.41) is 8.01. The van der Waals surface area contributed by atoms with Gasteiger partial charge in [-0.15, -0.1) is 12.6 Å². The third-order valence-electron chi connectivity index (χ3n) is 4.46. The van der Waals surface area contributed by atoms with E-state index in [-0.39, 0.29) is 0 Å². The van der Waals surface area contributed by atoms with Crippen molar-refractivity contribution in [2.45, 2.75) is 37.6 Å². The number of carbonyl (C=O) groups excluding carboxylic acids is 2. The first-order valence-corrected chi connectivity index (χ1v) is 9.54. The van der Waals surface area contributed by atoms with E-state index in [1.807, 2.05) is 6.92 Å². The van der Waals surface area contributed by atoms with Crippen molar-refractivity contribution >= 4 is 42.1 Å². The van der Waals surface area contributed by atoms with Gasteiger partial charge in [-0.3, -0.25) is 10.2 Å². The van der Waals surface area contributed by atoms with Gasteiger partial charge >= 0.3 is 6.09 Å². The lowest BCUT2D eigenvalue weighted by molar-refractivity contribution is 0.0997. The van der Waals surface area contributed by atoms with Crippen molar-refractivity contribution in [3.05, 3.63) is 63.4 Å². The Morgan fingerprint density at radius 1 is 1.20 bits per heavy atom. The monoisotopic (exact) mass is 454 g/mol. The van der Waals surface area contributed by atoms with E-state index in [9.17, 15) is 14.0 Å². The van der Waals surface area contributed by atoms with E-state index in [0.29, 0.717) is 21.0 Å². The number of carbonyl (C=O) groups is 2. The van der Waals surface area contributed by atoms with Crippen LogP contribution in [-0.4, -0.2) is 23.9 Å². The summed E-state index contributed by atoms with van der Waals surface area (Å²) in [7, 11) is 0. The second kappa shape index (κ2) is 11.0. The molecule has 0 radical (unpaired) electrons. The largest absolute Gasteiger partial charge is 0.411 e. The lowest BCUT2D eigenvalue weighted by Crippen LogP contribution is -2.39. The van der Waals surface area contributed by atoms with Crippen LogP contribution in [0.5, 0.6) is 0 Å². The molecule has 0 aliphatic carbocycles. The number of thiol groups is 1. The van der Waals surface area contributed by atoms with Gasteiger partial charge in [0.1, 0.15) is 5.82 Å². The van der Waals surface area contributed by atoms with Crippen LogP contribution < -0.4 is 17.2 Å². The highest BCUT2D eigenvalue weighted by molar-refractivity contribution is 7.80. The van der Waals surface area contributed by atoms with Crippen LogP contribution in [-0.2, 0) is 4.74 Å². The molecule has 0 fully saturated rings. The molecular formula is C20H24ClFN4O3S. The maximum Gasteiger partial charge on any atom is 0.411 e. The minimum absolute atomic E-state index is 0.348. The van der Waals surface area contributed by atoms with Crippen LogP contribution in [0.25, 0.3) is 0 Å². The first kappa shape index (κ1) is 25.4. The number of nitrogens with one attached hydrogen (secondary N) is 1. The van der Waals surface area contributed by atoms with E-state index < -0.39 is 35.7 Å². The number of aryl methyl sites for hydroxylation is 1. The smallest absolute Gasteiger partial charge is 0.394 e. The van der Waals surface area contributed by atoms with Crippen molar-refractivity contribution in [3.8, 4) is 0 Å². The summed E-state index contributed by atoms with van der Waals surface area (Å²) in [6, 6.07) is 6.87. The molecule has 7 N–H and O–H groups in total. The zero-order valence-corrected chi connectivity index (χ0v) is 18.4. The summed E-state index contributed by atoms with van der Waals surface area (Å²) in [4.78, 5) is 21.8. The van der Waals surface area contributed by atoms with E-state index in [1.165, 1.54) is 12.1 Å². The number of benzene rings is 2. The molecular weight excluding hydrogens is 431 g/mol. The molecule has 2 aromatic rings. The molecule has 162 valence electrons. The third kappa shape index (κ3) is 6.72. The second-order valence-electron chi connectivity index (χ2n) is 6.53. The van der Waals surface area contributed by atoms with Gasteiger partial charge in [-0.2, -0.15) is 0 Å². The van der Waals surface area contributed by atoms with Crippen LogP contribution in [0, 0.1) is 25.1 Å². The number of hydrogen-bond acceptors (Lipinski definition) is 6. The van der Waals surface area contributed by atoms with Crippen LogP contribution in [0.3, 0.4) is 0 Å². The van der Waals surface area contributed by atoms with E-state index >= 15 is 0 Å². The van der Waals surface area contributed by atoms with Gasteiger partial charge in [0.15, 0.2) is 0 Å². The van der Waals surface area contributed by atoms with Crippen molar-refractivity contribution in [1.29, 1.82) is 5.41 Å². The van der Waals surface area contributed by atoms with Crippen LogP contribution in [0.2, 0.25) is 5.02 Å². The highest BCUT2D eigenvalue weighted by Crippen LogP contribution is 2.27. The van der Waals surface area contributed by atoms with Crippen LogP contribution >= 0.6 is 24.2 Å². The van der Waals surface area contributed by atoms with Crippen LogP contribution in [0.4, 0.5) is 9.18 Å².